The number of fused-ring (bicyclic) bond motifs is 1. The smallest absolute Gasteiger partial charge is 0.227 e. The predicted molar refractivity (Wildman–Crippen MR) is 154 cm³/mol. The lowest BCUT2D eigenvalue weighted by molar-refractivity contribution is -0.129. The summed E-state index contributed by atoms with van der Waals surface area (Å²) in [7, 11) is 10.7. The Kier molecular flexibility index (Phi) is 9.74. The van der Waals surface area contributed by atoms with Gasteiger partial charge in [0.2, 0.25) is 11.7 Å². The normalized spacial score (nSPS) is 17.5. The van der Waals surface area contributed by atoms with Crippen LogP contribution in [0.3, 0.4) is 0 Å². The van der Waals surface area contributed by atoms with Gasteiger partial charge >= 0.3 is 0 Å². The van der Waals surface area contributed by atoms with Crippen LogP contribution in [0.25, 0.3) is 11.1 Å². The van der Waals surface area contributed by atoms with Crippen molar-refractivity contribution in [2.75, 3.05) is 55.6 Å². The van der Waals surface area contributed by atoms with E-state index in [-0.39, 0.29) is 18.3 Å². The molecule has 1 atom stereocenters. The lowest BCUT2D eigenvalue weighted by Gasteiger charge is -2.21. The van der Waals surface area contributed by atoms with Crippen molar-refractivity contribution in [2.45, 2.75) is 32.2 Å². The highest BCUT2D eigenvalue weighted by Crippen LogP contribution is 2.45. The third-order valence-electron chi connectivity index (χ3n) is 7.54. The molecule has 0 radical (unpaired) electrons. The molecule has 206 valence electrons. The molecule has 7 nitrogen and oxygen atoms in total. The fourth-order valence-electron chi connectivity index (χ4n) is 5.32. The molecule has 0 aromatic heterocycles. The second kappa shape index (κ2) is 12.6. The highest BCUT2D eigenvalue weighted by molar-refractivity contribution is 6.04. The van der Waals surface area contributed by atoms with Crippen LogP contribution < -0.4 is 18.9 Å². The summed E-state index contributed by atoms with van der Waals surface area (Å²) in [6, 6.07) is 10.5. The maximum Gasteiger partial charge on any atom is 0.227 e. The fourth-order valence-corrected chi connectivity index (χ4v) is 5.32. The third kappa shape index (κ3) is 5.79. The van der Waals surface area contributed by atoms with Gasteiger partial charge in [-0.3, -0.25) is 4.79 Å². The first-order valence-electron chi connectivity index (χ1n) is 12.6. The number of ether oxygens (including phenoxy) is 4. The summed E-state index contributed by atoms with van der Waals surface area (Å²) < 4.78 is 22.1. The van der Waals surface area contributed by atoms with Crippen molar-refractivity contribution in [3.8, 4) is 23.0 Å². The maximum absolute atomic E-state index is 13.3. The lowest BCUT2D eigenvalue weighted by Crippen LogP contribution is -2.34. The second-order valence-corrected chi connectivity index (χ2v) is 9.79. The van der Waals surface area contributed by atoms with Gasteiger partial charge in [0, 0.05) is 19.1 Å². The number of halogens is 1. The Bertz CT molecular complexity index is 1210. The zero-order valence-corrected chi connectivity index (χ0v) is 24.2. The molecular weight excluding hydrogens is 504 g/mol. The molecule has 0 saturated carbocycles. The molecular formula is C30H39ClN2O5. The predicted octanol–water partition coefficient (Wildman–Crippen LogP) is 5.11. The average molecular weight is 543 g/mol. The summed E-state index contributed by atoms with van der Waals surface area (Å²) in [5, 5.41) is 0. The molecule has 2 aromatic carbocycles. The Hall–Kier alpha value is -3.16. The number of hydrogen-bond donors (Lipinski definition) is 0. The van der Waals surface area contributed by atoms with Gasteiger partial charge in [0.15, 0.2) is 11.5 Å². The third-order valence-corrected chi connectivity index (χ3v) is 7.54. The molecule has 1 saturated heterocycles. The van der Waals surface area contributed by atoms with E-state index < -0.39 is 0 Å². The van der Waals surface area contributed by atoms with Crippen LogP contribution >= 0.6 is 12.4 Å². The standard InChI is InChI=1S/C30H38N2O5.ClH/c1-19-23(10-8-20-14-27(35-5)30(37-7)28(15-20)36-6)24-11-9-22(34-4)16-26(24)25(19)17-29(33)32-13-12-21(18-32)31(2)3;/h9-11,14-16,21H,8,12-13,17-18H2,1-7H3;1H/b23-10-;/t21-;/m1./s1. The van der Waals surface area contributed by atoms with Gasteiger partial charge in [0.05, 0.1) is 34.9 Å². The van der Waals surface area contributed by atoms with Crippen LogP contribution in [-0.4, -0.2) is 77.4 Å². The molecule has 1 aliphatic heterocycles. The number of rotatable bonds is 9. The lowest BCUT2D eigenvalue weighted by atomic mass is 10.00. The van der Waals surface area contributed by atoms with Gasteiger partial charge in [-0.05, 0) is 91.5 Å². The highest BCUT2D eigenvalue weighted by atomic mass is 35.5. The molecule has 1 heterocycles. The minimum atomic E-state index is 0. The zero-order chi connectivity index (χ0) is 26.7. The Morgan fingerprint density at radius 1 is 1.00 bits per heavy atom. The Balaban J connectivity index is 0.00000400. The largest absolute Gasteiger partial charge is 0.497 e. The Labute approximate surface area is 232 Å². The topological polar surface area (TPSA) is 60.5 Å². The van der Waals surface area contributed by atoms with Crippen LogP contribution in [0.2, 0.25) is 0 Å². The number of carbonyl (C=O) groups excluding carboxylic acids is 1. The summed E-state index contributed by atoms with van der Waals surface area (Å²) in [5.74, 6) is 2.81. The molecule has 2 aliphatic rings. The van der Waals surface area contributed by atoms with E-state index in [1.165, 1.54) is 0 Å². The van der Waals surface area contributed by atoms with Crippen LogP contribution in [0.1, 0.15) is 36.5 Å². The number of allylic oxidation sites excluding steroid dienone is 3. The van der Waals surface area contributed by atoms with Crippen molar-refractivity contribution in [3.63, 3.8) is 0 Å². The molecule has 1 amide bonds. The summed E-state index contributed by atoms with van der Waals surface area (Å²) >= 11 is 0. The Morgan fingerprint density at radius 2 is 1.68 bits per heavy atom. The first kappa shape index (κ1) is 29.4. The van der Waals surface area contributed by atoms with E-state index in [0.29, 0.717) is 36.1 Å². The summed E-state index contributed by atoms with van der Waals surface area (Å²) in [6.07, 6.45) is 4.29. The number of nitrogens with zero attached hydrogens (tertiary/aromatic N) is 2. The monoisotopic (exact) mass is 542 g/mol. The number of amides is 1. The molecule has 4 rings (SSSR count). The second-order valence-electron chi connectivity index (χ2n) is 9.79. The molecule has 1 fully saturated rings. The fraction of sp³-hybridized carbons (Fsp3) is 0.433. The molecule has 8 heteroatoms. The van der Waals surface area contributed by atoms with Gasteiger partial charge < -0.3 is 28.7 Å². The zero-order valence-electron chi connectivity index (χ0n) is 23.4. The molecule has 0 spiro atoms. The van der Waals surface area contributed by atoms with E-state index in [4.69, 9.17) is 18.9 Å². The van der Waals surface area contributed by atoms with Gasteiger partial charge in [-0.2, -0.15) is 0 Å². The number of likely N-dealkylation sites (tertiary alicyclic amines) is 1. The molecule has 38 heavy (non-hydrogen) atoms. The minimum absolute atomic E-state index is 0. The van der Waals surface area contributed by atoms with Crippen molar-refractivity contribution < 1.29 is 23.7 Å². The van der Waals surface area contributed by atoms with Crippen LogP contribution in [0.4, 0.5) is 0 Å². The van der Waals surface area contributed by atoms with E-state index in [9.17, 15) is 4.79 Å². The number of methoxy groups -OCH3 is 4. The van der Waals surface area contributed by atoms with Crippen molar-refractivity contribution >= 4 is 29.5 Å². The van der Waals surface area contributed by atoms with Crippen molar-refractivity contribution in [1.82, 2.24) is 9.80 Å². The first-order chi connectivity index (χ1) is 17.8. The van der Waals surface area contributed by atoms with Gasteiger partial charge in [-0.15, -0.1) is 12.4 Å². The number of likely N-dealkylation sites (N-methyl/N-ethyl adjacent to an activating group) is 1. The van der Waals surface area contributed by atoms with Crippen LogP contribution in [0.15, 0.2) is 42.0 Å². The number of hydrogen-bond acceptors (Lipinski definition) is 6. The first-order valence-corrected chi connectivity index (χ1v) is 12.6. The number of benzene rings is 2. The van der Waals surface area contributed by atoms with E-state index in [0.717, 1.165) is 58.7 Å². The number of carbonyl (C=O) groups is 1. The van der Waals surface area contributed by atoms with Crippen LogP contribution in [0, 0.1) is 0 Å². The molecule has 0 bridgehead atoms. The quantitative estimate of drug-likeness (QED) is 0.439. The average Bonchev–Trinajstić information content (AvgIpc) is 3.50. The van der Waals surface area contributed by atoms with Gasteiger partial charge in [-0.25, -0.2) is 0 Å². The van der Waals surface area contributed by atoms with E-state index in [1.807, 2.05) is 29.2 Å². The maximum atomic E-state index is 13.3. The molecule has 0 N–H and O–H groups in total. The Morgan fingerprint density at radius 3 is 2.24 bits per heavy atom. The van der Waals surface area contributed by atoms with Crippen LogP contribution in [0.5, 0.6) is 23.0 Å². The van der Waals surface area contributed by atoms with Crippen molar-refractivity contribution in [2.24, 2.45) is 0 Å². The summed E-state index contributed by atoms with van der Waals surface area (Å²) in [6.45, 7) is 3.71. The molecule has 2 aromatic rings. The van der Waals surface area contributed by atoms with E-state index in [1.54, 1.807) is 28.4 Å². The highest BCUT2D eigenvalue weighted by Gasteiger charge is 2.31. The van der Waals surface area contributed by atoms with Gasteiger partial charge in [-0.1, -0.05) is 12.1 Å². The van der Waals surface area contributed by atoms with E-state index >= 15 is 0 Å². The van der Waals surface area contributed by atoms with E-state index in [2.05, 4.69) is 38.1 Å². The van der Waals surface area contributed by atoms with Crippen molar-refractivity contribution in [1.29, 1.82) is 0 Å². The summed E-state index contributed by atoms with van der Waals surface area (Å²) in [4.78, 5) is 17.6. The van der Waals surface area contributed by atoms with Gasteiger partial charge in [0.1, 0.15) is 5.75 Å². The minimum Gasteiger partial charge on any atom is -0.497 e. The molecule has 1 aliphatic carbocycles. The molecule has 0 unspecified atom stereocenters. The van der Waals surface area contributed by atoms with Crippen molar-refractivity contribution in [3.05, 3.63) is 58.7 Å². The van der Waals surface area contributed by atoms with Crippen LogP contribution in [-0.2, 0) is 11.2 Å². The summed E-state index contributed by atoms with van der Waals surface area (Å²) in [5.41, 5.74) is 6.59. The van der Waals surface area contributed by atoms with Gasteiger partial charge in [0.25, 0.3) is 0 Å². The SMILES string of the molecule is COc1ccc2c(c1)C(CC(=O)N1CC[C@@H](N(C)C)C1)=C(C)/C2=C/Cc1cc(OC)c(OC)c(OC)c1.Cl.